The highest BCUT2D eigenvalue weighted by molar-refractivity contribution is 5.94. The van der Waals surface area contributed by atoms with Gasteiger partial charge in [0.15, 0.2) is 0 Å². The Hall–Kier alpha value is -2.89. The molecule has 0 spiro atoms. The van der Waals surface area contributed by atoms with Crippen molar-refractivity contribution < 1.29 is 14.0 Å². The van der Waals surface area contributed by atoms with Gasteiger partial charge in [-0.2, -0.15) is 0 Å². The van der Waals surface area contributed by atoms with Gasteiger partial charge in [0.1, 0.15) is 5.82 Å². The van der Waals surface area contributed by atoms with Gasteiger partial charge >= 0.3 is 6.03 Å². The Morgan fingerprint density at radius 1 is 1.08 bits per heavy atom. The Balaban J connectivity index is 1.50. The van der Waals surface area contributed by atoms with Crippen LogP contribution in [0, 0.1) is 12.7 Å². The number of anilines is 1. The summed E-state index contributed by atoms with van der Waals surface area (Å²) >= 11 is 0. The third-order valence-electron chi connectivity index (χ3n) is 4.59. The molecule has 1 fully saturated rings. The van der Waals surface area contributed by atoms with E-state index in [-0.39, 0.29) is 18.0 Å². The quantitative estimate of drug-likeness (QED) is 0.884. The second-order valence-electron chi connectivity index (χ2n) is 6.49. The topological polar surface area (TPSA) is 61.4 Å². The van der Waals surface area contributed by atoms with Crippen LogP contribution in [-0.4, -0.2) is 36.0 Å². The maximum atomic E-state index is 13.2. The van der Waals surface area contributed by atoms with E-state index in [9.17, 15) is 14.0 Å². The number of carbonyl (C=O) groups excluding carboxylic acids is 2. The lowest BCUT2D eigenvalue weighted by atomic mass is 10.0. The highest BCUT2D eigenvalue weighted by Crippen LogP contribution is 2.17. The largest absolute Gasteiger partial charge is 0.349 e. The number of para-hydroxylation sites is 1. The van der Waals surface area contributed by atoms with Crippen LogP contribution in [0.15, 0.2) is 48.5 Å². The number of nitrogens with zero attached hydrogens (tertiary/aromatic N) is 1. The fourth-order valence-corrected chi connectivity index (χ4v) is 3.03. The number of carbonyl (C=O) groups is 2. The summed E-state index contributed by atoms with van der Waals surface area (Å²) in [5.74, 6) is -0.715. The summed E-state index contributed by atoms with van der Waals surface area (Å²) < 4.78 is 13.2. The van der Waals surface area contributed by atoms with Crippen molar-refractivity contribution in [3.63, 3.8) is 0 Å². The van der Waals surface area contributed by atoms with Gasteiger partial charge in [-0.15, -0.1) is 0 Å². The van der Waals surface area contributed by atoms with E-state index in [0.29, 0.717) is 31.5 Å². The Morgan fingerprint density at radius 3 is 2.50 bits per heavy atom. The molecular weight excluding hydrogens is 333 g/mol. The van der Waals surface area contributed by atoms with Crippen LogP contribution in [0.4, 0.5) is 14.9 Å². The maximum absolute atomic E-state index is 13.2. The van der Waals surface area contributed by atoms with E-state index in [0.717, 1.165) is 11.3 Å². The zero-order valence-electron chi connectivity index (χ0n) is 14.7. The standard InChI is InChI=1S/C20H22FN3O2/c1-14-5-2-3-8-18(14)23-20(26)24-11-9-17(10-12-24)22-19(25)15-6-4-7-16(21)13-15/h2-8,13,17H,9-12H2,1H3,(H,22,25)(H,23,26). The number of aryl methyl sites for hydroxylation is 1. The van der Waals surface area contributed by atoms with Gasteiger partial charge in [-0.25, -0.2) is 9.18 Å². The third-order valence-corrected chi connectivity index (χ3v) is 4.59. The molecule has 1 saturated heterocycles. The van der Waals surface area contributed by atoms with Gasteiger partial charge in [-0.05, 0) is 49.6 Å². The van der Waals surface area contributed by atoms with E-state index in [2.05, 4.69) is 10.6 Å². The smallest absolute Gasteiger partial charge is 0.321 e. The molecule has 0 atom stereocenters. The summed E-state index contributed by atoms with van der Waals surface area (Å²) in [6.45, 7) is 3.07. The van der Waals surface area contributed by atoms with Crippen LogP contribution in [0.3, 0.4) is 0 Å². The number of piperidine rings is 1. The molecule has 3 amide bonds. The summed E-state index contributed by atoms with van der Waals surface area (Å²) in [5, 5.41) is 5.84. The van der Waals surface area contributed by atoms with Crippen molar-refractivity contribution in [1.82, 2.24) is 10.2 Å². The second kappa shape index (κ2) is 7.99. The fraction of sp³-hybridized carbons (Fsp3) is 0.300. The summed E-state index contributed by atoms with van der Waals surface area (Å²) in [7, 11) is 0. The zero-order valence-corrected chi connectivity index (χ0v) is 14.7. The van der Waals surface area contributed by atoms with Crippen LogP contribution in [-0.2, 0) is 0 Å². The summed E-state index contributed by atoms with van der Waals surface area (Å²) in [6.07, 6.45) is 1.34. The van der Waals surface area contributed by atoms with Crippen LogP contribution in [0.1, 0.15) is 28.8 Å². The van der Waals surface area contributed by atoms with Crippen molar-refractivity contribution >= 4 is 17.6 Å². The fourth-order valence-electron chi connectivity index (χ4n) is 3.03. The van der Waals surface area contributed by atoms with Gasteiger partial charge in [0, 0.05) is 30.4 Å². The van der Waals surface area contributed by atoms with Crippen LogP contribution >= 0.6 is 0 Å². The first kappa shape index (κ1) is 17.9. The molecule has 1 aliphatic rings. The Bertz CT molecular complexity index is 801. The number of halogens is 1. The molecule has 0 radical (unpaired) electrons. The minimum absolute atomic E-state index is 0.0201. The Kier molecular flexibility index (Phi) is 5.51. The SMILES string of the molecule is Cc1ccccc1NC(=O)N1CCC(NC(=O)c2cccc(F)c2)CC1. The van der Waals surface area contributed by atoms with E-state index in [1.807, 2.05) is 31.2 Å². The average molecular weight is 355 g/mol. The number of nitrogens with one attached hydrogen (secondary N) is 2. The normalized spacial score (nSPS) is 14.8. The molecule has 5 nitrogen and oxygen atoms in total. The van der Waals surface area contributed by atoms with E-state index >= 15 is 0 Å². The highest BCUT2D eigenvalue weighted by atomic mass is 19.1. The summed E-state index contributed by atoms with van der Waals surface area (Å²) in [4.78, 5) is 26.3. The first-order valence-corrected chi connectivity index (χ1v) is 8.71. The molecule has 0 saturated carbocycles. The highest BCUT2D eigenvalue weighted by Gasteiger charge is 2.24. The number of hydrogen-bond acceptors (Lipinski definition) is 2. The summed E-state index contributed by atoms with van der Waals surface area (Å²) in [6, 6.07) is 13.1. The first-order chi connectivity index (χ1) is 12.5. The van der Waals surface area contributed by atoms with Crippen LogP contribution in [0.2, 0.25) is 0 Å². The average Bonchev–Trinajstić information content (AvgIpc) is 2.64. The number of rotatable bonds is 3. The molecule has 1 heterocycles. The van der Waals surface area contributed by atoms with Crippen molar-refractivity contribution in [3.05, 3.63) is 65.5 Å². The molecule has 1 aliphatic heterocycles. The predicted molar refractivity (Wildman–Crippen MR) is 98.7 cm³/mol. The molecule has 2 aromatic carbocycles. The van der Waals surface area contributed by atoms with Crippen molar-refractivity contribution in [2.45, 2.75) is 25.8 Å². The molecule has 0 unspecified atom stereocenters. The predicted octanol–water partition coefficient (Wildman–Crippen LogP) is 3.56. The molecular formula is C20H22FN3O2. The molecule has 3 rings (SSSR count). The monoisotopic (exact) mass is 355 g/mol. The molecule has 26 heavy (non-hydrogen) atoms. The van der Waals surface area contributed by atoms with E-state index in [1.54, 1.807) is 11.0 Å². The number of benzene rings is 2. The maximum Gasteiger partial charge on any atom is 0.321 e. The number of urea groups is 1. The molecule has 2 N–H and O–H groups in total. The van der Waals surface area contributed by atoms with Crippen LogP contribution in [0.25, 0.3) is 0 Å². The number of amides is 3. The van der Waals surface area contributed by atoms with Crippen molar-refractivity contribution in [2.24, 2.45) is 0 Å². The number of likely N-dealkylation sites (tertiary alicyclic amines) is 1. The van der Waals surface area contributed by atoms with E-state index < -0.39 is 5.82 Å². The van der Waals surface area contributed by atoms with Gasteiger partial charge in [0.25, 0.3) is 5.91 Å². The Labute approximate surface area is 152 Å². The van der Waals surface area contributed by atoms with Crippen LogP contribution in [0.5, 0.6) is 0 Å². The van der Waals surface area contributed by atoms with Gasteiger partial charge < -0.3 is 15.5 Å². The molecule has 0 aliphatic carbocycles. The van der Waals surface area contributed by atoms with Gasteiger partial charge in [-0.3, -0.25) is 4.79 Å². The molecule has 2 aromatic rings. The van der Waals surface area contributed by atoms with E-state index in [4.69, 9.17) is 0 Å². The Morgan fingerprint density at radius 2 is 1.81 bits per heavy atom. The summed E-state index contributed by atoms with van der Waals surface area (Å²) in [5.41, 5.74) is 2.13. The third kappa shape index (κ3) is 4.39. The first-order valence-electron chi connectivity index (χ1n) is 8.71. The van der Waals surface area contributed by atoms with Crippen molar-refractivity contribution in [3.8, 4) is 0 Å². The van der Waals surface area contributed by atoms with Crippen molar-refractivity contribution in [1.29, 1.82) is 0 Å². The number of hydrogen-bond donors (Lipinski definition) is 2. The van der Waals surface area contributed by atoms with E-state index in [1.165, 1.54) is 18.2 Å². The molecule has 6 heteroatoms. The van der Waals surface area contributed by atoms with Gasteiger partial charge in [-0.1, -0.05) is 24.3 Å². The lowest BCUT2D eigenvalue weighted by Gasteiger charge is -2.32. The lowest BCUT2D eigenvalue weighted by Crippen LogP contribution is -2.47. The van der Waals surface area contributed by atoms with Gasteiger partial charge in [0.05, 0.1) is 0 Å². The van der Waals surface area contributed by atoms with Crippen LogP contribution < -0.4 is 10.6 Å². The molecule has 136 valence electrons. The minimum atomic E-state index is -0.430. The zero-order chi connectivity index (χ0) is 18.5. The minimum Gasteiger partial charge on any atom is -0.349 e. The second-order valence-corrected chi connectivity index (χ2v) is 6.49. The molecule has 0 bridgehead atoms. The molecule has 0 aromatic heterocycles. The van der Waals surface area contributed by atoms with Gasteiger partial charge in [0.2, 0.25) is 0 Å². The lowest BCUT2D eigenvalue weighted by molar-refractivity contribution is 0.0919. The van der Waals surface area contributed by atoms with Crippen molar-refractivity contribution in [2.75, 3.05) is 18.4 Å².